The molecule has 2 heterocycles. The number of hydrogen-bond acceptors (Lipinski definition) is 4. The number of likely N-dealkylation sites (tertiary alicyclic amines) is 1. The third kappa shape index (κ3) is 6.56. The van der Waals surface area contributed by atoms with E-state index in [9.17, 15) is 4.79 Å². The van der Waals surface area contributed by atoms with E-state index in [0.717, 1.165) is 44.6 Å². The monoisotopic (exact) mass is 492 g/mol. The Labute approximate surface area is 213 Å². The quantitative estimate of drug-likeness (QED) is 0.445. The van der Waals surface area contributed by atoms with Crippen molar-refractivity contribution in [2.45, 2.75) is 37.4 Å². The zero-order chi connectivity index (χ0) is 23.2. The summed E-state index contributed by atoms with van der Waals surface area (Å²) in [5.74, 6) is 1.27. The van der Waals surface area contributed by atoms with Crippen LogP contribution >= 0.6 is 12.4 Å². The smallest absolute Gasteiger partial charge is 0.407 e. The van der Waals surface area contributed by atoms with Gasteiger partial charge in [-0.25, -0.2) is 4.79 Å². The normalized spacial score (nSPS) is 17.8. The molecule has 1 amide bonds. The number of amides is 1. The van der Waals surface area contributed by atoms with E-state index in [1.165, 1.54) is 16.7 Å². The molecule has 5 rings (SSSR count). The second-order valence-electron chi connectivity index (χ2n) is 9.46. The van der Waals surface area contributed by atoms with E-state index in [2.05, 4.69) is 76.9 Å². The van der Waals surface area contributed by atoms with Crippen LogP contribution in [-0.2, 0) is 17.8 Å². The Morgan fingerprint density at radius 1 is 0.886 bits per heavy atom. The summed E-state index contributed by atoms with van der Waals surface area (Å²) in [5, 5.41) is 2.83. The number of rotatable bonds is 8. The maximum absolute atomic E-state index is 11.6. The van der Waals surface area contributed by atoms with Gasteiger partial charge in [-0.2, -0.15) is 0 Å². The van der Waals surface area contributed by atoms with E-state index in [4.69, 9.17) is 9.47 Å². The zero-order valence-electron chi connectivity index (χ0n) is 19.9. The molecular formula is C29H33ClN2O3. The number of piperidine rings is 1. The minimum absolute atomic E-state index is 0. The molecule has 35 heavy (non-hydrogen) atoms. The van der Waals surface area contributed by atoms with Gasteiger partial charge in [-0.05, 0) is 35.2 Å². The Hall–Kier alpha value is -3.02. The predicted octanol–water partition coefficient (Wildman–Crippen LogP) is 5.59. The van der Waals surface area contributed by atoms with Crippen molar-refractivity contribution in [1.82, 2.24) is 10.2 Å². The van der Waals surface area contributed by atoms with Crippen molar-refractivity contribution in [3.8, 4) is 5.75 Å². The van der Waals surface area contributed by atoms with Crippen LogP contribution < -0.4 is 10.1 Å². The fourth-order valence-corrected chi connectivity index (χ4v) is 5.00. The highest BCUT2D eigenvalue weighted by atomic mass is 35.5. The minimum atomic E-state index is -0.305. The lowest BCUT2D eigenvalue weighted by Crippen LogP contribution is -2.47. The van der Waals surface area contributed by atoms with Crippen LogP contribution in [0.15, 0.2) is 84.9 Å². The van der Waals surface area contributed by atoms with Crippen molar-refractivity contribution in [2.24, 2.45) is 0 Å². The molecule has 6 heteroatoms. The van der Waals surface area contributed by atoms with Crippen LogP contribution in [0.1, 0.15) is 35.4 Å². The van der Waals surface area contributed by atoms with E-state index >= 15 is 0 Å². The topological polar surface area (TPSA) is 50.8 Å². The first-order valence-corrected chi connectivity index (χ1v) is 12.2. The summed E-state index contributed by atoms with van der Waals surface area (Å²) in [7, 11) is 0. The van der Waals surface area contributed by atoms with Crippen LogP contribution in [0, 0.1) is 0 Å². The predicted molar refractivity (Wildman–Crippen MR) is 140 cm³/mol. The maximum atomic E-state index is 11.6. The van der Waals surface area contributed by atoms with E-state index in [1.54, 1.807) is 0 Å². The Bertz CT molecular complexity index is 1070. The van der Waals surface area contributed by atoms with Gasteiger partial charge >= 0.3 is 6.09 Å². The molecule has 1 spiro atoms. The second kappa shape index (κ2) is 11.6. The molecule has 0 saturated carbocycles. The number of alkyl carbamates (subject to hydrolysis) is 1. The van der Waals surface area contributed by atoms with Gasteiger partial charge in [0.15, 0.2) is 0 Å². The van der Waals surface area contributed by atoms with Crippen LogP contribution in [0.4, 0.5) is 4.79 Å². The van der Waals surface area contributed by atoms with Gasteiger partial charge in [-0.15, -0.1) is 12.4 Å². The number of ether oxygens (including phenoxy) is 2. The van der Waals surface area contributed by atoms with Crippen LogP contribution in [0.3, 0.4) is 0 Å². The molecule has 1 atom stereocenters. The molecule has 1 unspecified atom stereocenters. The SMILES string of the molecule is Cl.O=C1NCC2(CCN(CC(Cc3ccccc3)c3ccc(OCc4ccccc4)cc3)CC2)O1. The highest BCUT2D eigenvalue weighted by Crippen LogP contribution is 2.31. The van der Waals surface area contributed by atoms with Gasteiger partial charge in [-0.1, -0.05) is 72.8 Å². The van der Waals surface area contributed by atoms with Crippen molar-refractivity contribution in [1.29, 1.82) is 0 Å². The molecule has 184 valence electrons. The van der Waals surface area contributed by atoms with E-state index < -0.39 is 0 Å². The molecule has 3 aromatic carbocycles. The summed E-state index contributed by atoms with van der Waals surface area (Å²) in [6.07, 6.45) is 2.49. The van der Waals surface area contributed by atoms with Crippen molar-refractivity contribution in [2.75, 3.05) is 26.2 Å². The molecule has 0 aromatic heterocycles. The van der Waals surface area contributed by atoms with Gasteiger partial charge in [0.05, 0.1) is 6.54 Å². The highest BCUT2D eigenvalue weighted by molar-refractivity contribution is 5.85. The summed E-state index contributed by atoms with van der Waals surface area (Å²) in [6.45, 7) is 4.08. The molecule has 3 aromatic rings. The Morgan fingerprint density at radius 2 is 1.51 bits per heavy atom. The third-order valence-electron chi connectivity index (χ3n) is 7.03. The summed E-state index contributed by atoms with van der Waals surface area (Å²) in [4.78, 5) is 14.1. The molecule has 2 fully saturated rings. The first kappa shape index (κ1) is 25.1. The van der Waals surface area contributed by atoms with Gasteiger partial charge in [-0.3, -0.25) is 0 Å². The zero-order valence-corrected chi connectivity index (χ0v) is 20.7. The van der Waals surface area contributed by atoms with Crippen molar-refractivity contribution < 1.29 is 14.3 Å². The fraction of sp³-hybridized carbons (Fsp3) is 0.345. The fourth-order valence-electron chi connectivity index (χ4n) is 5.00. The molecule has 2 aliphatic rings. The molecule has 0 radical (unpaired) electrons. The number of benzene rings is 3. The summed E-state index contributed by atoms with van der Waals surface area (Å²) >= 11 is 0. The lowest BCUT2D eigenvalue weighted by atomic mass is 9.88. The van der Waals surface area contributed by atoms with Crippen LogP contribution in [0.5, 0.6) is 5.75 Å². The Balaban J connectivity index is 0.00000289. The molecule has 5 nitrogen and oxygen atoms in total. The van der Waals surface area contributed by atoms with Gasteiger partial charge in [0, 0.05) is 38.4 Å². The molecular weight excluding hydrogens is 460 g/mol. The van der Waals surface area contributed by atoms with E-state index in [0.29, 0.717) is 19.1 Å². The highest BCUT2D eigenvalue weighted by Gasteiger charge is 2.43. The first-order chi connectivity index (χ1) is 16.7. The number of carbonyl (C=O) groups is 1. The van der Waals surface area contributed by atoms with Crippen LogP contribution in [0.2, 0.25) is 0 Å². The van der Waals surface area contributed by atoms with Crippen molar-refractivity contribution in [3.05, 3.63) is 102 Å². The minimum Gasteiger partial charge on any atom is -0.489 e. The largest absolute Gasteiger partial charge is 0.489 e. The van der Waals surface area contributed by atoms with E-state index in [1.807, 2.05) is 18.2 Å². The number of nitrogens with zero attached hydrogens (tertiary/aromatic N) is 1. The first-order valence-electron chi connectivity index (χ1n) is 12.2. The van der Waals surface area contributed by atoms with Gasteiger partial charge in [0.2, 0.25) is 0 Å². The summed E-state index contributed by atoms with van der Waals surface area (Å²) in [6, 6.07) is 29.5. The molecule has 1 N–H and O–H groups in total. The number of halogens is 1. The summed E-state index contributed by atoms with van der Waals surface area (Å²) in [5.41, 5.74) is 3.53. The maximum Gasteiger partial charge on any atom is 0.407 e. The van der Waals surface area contributed by atoms with Crippen LogP contribution in [-0.4, -0.2) is 42.8 Å². The Morgan fingerprint density at radius 3 is 2.11 bits per heavy atom. The molecule has 2 aliphatic heterocycles. The van der Waals surface area contributed by atoms with Crippen LogP contribution in [0.25, 0.3) is 0 Å². The number of carbonyl (C=O) groups excluding carboxylic acids is 1. The molecule has 0 bridgehead atoms. The average Bonchev–Trinajstić information content (AvgIpc) is 3.25. The second-order valence-corrected chi connectivity index (χ2v) is 9.46. The molecule has 0 aliphatic carbocycles. The Kier molecular flexibility index (Phi) is 8.32. The lowest BCUT2D eigenvalue weighted by Gasteiger charge is -2.38. The standard InChI is InChI=1S/C29H32N2O3.ClH/c32-28-30-22-29(34-28)15-17-31(18-16-29)20-26(19-23-7-3-1-4-8-23)25-11-13-27(14-12-25)33-21-24-9-5-2-6-10-24;/h1-14,26H,15-22H2,(H,30,32);1H. The third-order valence-corrected chi connectivity index (χ3v) is 7.03. The molecule has 2 saturated heterocycles. The average molecular weight is 493 g/mol. The van der Waals surface area contributed by atoms with Gasteiger partial charge in [0.1, 0.15) is 18.0 Å². The van der Waals surface area contributed by atoms with E-state index in [-0.39, 0.29) is 24.1 Å². The number of nitrogens with one attached hydrogen (secondary N) is 1. The van der Waals surface area contributed by atoms with Gasteiger partial charge < -0.3 is 19.7 Å². The number of hydrogen-bond donors (Lipinski definition) is 1. The summed E-state index contributed by atoms with van der Waals surface area (Å²) < 4.78 is 11.6. The van der Waals surface area contributed by atoms with Gasteiger partial charge in [0.25, 0.3) is 0 Å². The lowest BCUT2D eigenvalue weighted by molar-refractivity contribution is -0.000392. The van der Waals surface area contributed by atoms with Crippen molar-refractivity contribution >= 4 is 18.5 Å². The van der Waals surface area contributed by atoms with Crippen molar-refractivity contribution in [3.63, 3.8) is 0 Å².